The maximum atomic E-state index is 11.2. The van der Waals surface area contributed by atoms with Crippen LogP contribution in [0.3, 0.4) is 0 Å². The summed E-state index contributed by atoms with van der Waals surface area (Å²) in [5.41, 5.74) is 2.67. The van der Waals surface area contributed by atoms with Crippen LogP contribution < -0.4 is 16.6 Å². The fourth-order valence-corrected chi connectivity index (χ4v) is 1.60. The molecule has 0 aliphatic rings. The molecule has 0 aliphatic carbocycles. The molecule has 0 fully saturated rings. The van der Waals surface area contributed by atoms with Crippen LogP contribution in [0, 0.1) is 0 Å². The number of carbonyl (C=O) groups is 2. The van der Waals surface area contributed by atoms with Crippen molar-refractivity contribution in [2.45, 2.75) is 13.0 Å². The minimum absolute atomic E-state index is 0.262. The molecule has 86 valence electrons. The third-order valence-corrected chi connectivity index (χ3v) is 2.53. The number of hydrogen-bond donors (Lipinski definition) is 3. The Balaban J connectivity index is 2.69. The number of hydrogen-bond acceptors (Lipinski definition) is 3. The number of amides is 2. The predicted molar refractivity (Wildman–Crippen MR) is 63.0 cm³/mol. The Labute approximate surface area is 101 Å². The van der Waals surface area contributed by atoms with E-state index in [9.17, 15) is 9.59 Å². The largest absolute Gasteiger partial charge is 0.341 e. The van der Waals surface area contributed by atoms with Crippen molar-refractivity contribution >= 4 is 27.7 Å². The van der Waals surface area contributed by atoms with Crippen LogP contribution in [0.2, 0.25) is 0 Å². The van der Waals surface area contributed by atoms with Crippen LogP contribution in [-0.2, 0) is 9.59 Å². The van der Waals surface area contributed by atoms with E-state index in [1.54, 1.807) is 12.3 Å². The number of nitrogens with two attached hydrogens (primary N) is 1. The minimum atomic E-state index is -0.859. The highest BCUT2D eigenvalue weighted by atomic mass is 79.9. The van der Waals surface area contributed by atoms with Crippen molar-refractivity contribution in [3.05, 3.63) is 34.3 Å². The fraction of sp³-hybridized carbons (Fsp3) is 0.200. The van der Waals surface area contributed by atoms with Gasteiger partial charge in [0.2, 0.25) is 0 Å². The van der Waals surface area contributed by atoms with E-state index in [4.69, 9.17) is 5.84 Å². The lowest BCUT2D eigenvalue weighted by Gasteiger charge is -2.13. The van der Waals surface area contributed by atoms with Crippen LogP contribution in [0.25, 0.3) is 0 Å². The first kappa shape index (κ1) is 12.7. The maximum Gasteiger partial charge on any atom is 0.323 e. The zero-order valence-corrected chi connectivity index (χ0v) is 10.2. The molecule has 4 N–H and O–H groups in total. The number of nitrogens with one attached hydrogen (secondary N) is 2. The highest BCUT2D eigenvalue weighted by Gasteiger charge is 2.15. The zero-order chi connectivity index (χ0) is 12.1. The van der Waals surface area contributed by atoms with Crippen molar-refractivity contribution < 1.29 is 9.59 Å². The SMILES string of the molecule is CC(NC(=O)C(=O)NN)c1cccc(Br)c1. The van der Waals surface area contributed by atoms with E-state index in [2.05, 4.69) is 21.2 Å². The van der Waals surface area contributed by atoms with Gasteiger partial charge in [-0.15, -0.1) is 0 Å². The Hall–Kier alpha value is -1.40. The molecule has 0 saturated heterocycles. The van der Waals surface area contributed by atoms with Gasteiger partial charge in [0.15, 0.2) is 0 Å². The van der Waals surface area contributed by atoms with Gasteiger partial charge in [0.1, 0.15) is 0 Å². The average molecular weight is 286 g/mol. The topological polar surface area (TPSA) is 84.2 Å². The van der Waals surface area contributed by atoms with E-state index in [-0.39, 0.29) is 6.04 Å². The van der Waals surface area contributed by atoms with Crippen LogP contribution in [-0.4, -0.2) is 11.8 Å². The van der Waals surface area contributed by atoms with E-state index in [0.717, 1.165) is 10.0 Å². The van der Waals surface area contributed by atoms with E-state index >= 15 is 0 Å². The first-order valence-corrected chi connectivity index (χ1v) is 5.40. The Bertz CT molecular complexity index is 409. The van der Waals surface area contributed by atoms with Gasteiger partial charge >= 0.3 is 11.8 Å². The molecule has 0 aliphatic heterocycles. The van der Waals surface area contributed by atoms with Gasteiger partial charge in [-0.05, 0) is 24.6 Å². The van der Waals surface area contributed by atoms with Gasteiger partial charge in [0, 0.05) is 4.47 Å². The second-order valence-corrected chi connectivity index (χ2v) is 4.14. The molecule has 6 heteroatoms. The number of halogens is 1. The minimum Gasteiger partial charge on any atom is -0.341 e. The summed E-state index contributed by atoms with van der Waals surface area (Å²) in [5, 5.41) is 2.52. The van der Waals surface area contributed by atoms with Gasteiger partial charge in [-0.1, -0.05) is 28.1 Å². The summed E-state index contributed by atoms with van der Waals surface area (Å²) >= 11 is 3.33. The second kappa shape index (κ2) is 5.62. The molecule has 0 spiro atoms. The highest BCUT2D eigenvalue weighted by Crippen LogP contribution is 2.17. The molecule has 0 bridgehead atoms. The lowest BCUT2D eigenvalue weighted by atomic mass is 10.1. The number of rotatable bonds is 2. The third kappa shape index (κ3) is 3.32. The second-order valence-electron chi connectivity index (χ2n) is 3.22. The van der Waals surface area contributed by atoms with Gasteiger partial charge < -0.3 is 5.32 Å². The monoisotopic (exact) mass is 285 g/mol. The highest BCUT2D eigenvalue weighted by molar-refractivity contribution is 9.10. The van der Waals surface area contributed by atoms with Crippen molar-refractivity contribution in [2.75, 3.05) is 0 Å². The molecule has 5 nitrogen and oxygen atoms in total. The molecule has 0 saturated carbocycles. The van der Waals surface area contributed by atoms with Crippen molar-refractivity contribution in [3.8, 4) is 0 Å². The number of hydrazine groups is 1. The van der Waals surface area contributed by atoms with Gasteiger partial charge in [-0.25, -0.2) is 5.84 Å². The van der Waals surface area contributed by atoms with Gasteiger partial charge in [-0.3, -0.25) is 15.0 Å². The van der Waals surface area contributed by atoms with Crippen molar-refractivity contribution in [2.24, 2.45) is 5.84 Å². The van der Waals surface area contributed by atoms with Crippen LogP contribution in [0.5, 0.6) is 0 Å². The molecule has 1 aromatic rings. The summed E-state index contributed by atoms with van der Waals surface area (Å²) in [5.74, 6) is 3.23. The molecule has 1 unspecified atom stereocenters. The van der Waals surface area contributed by atoms with Crippen LogP contribution in [0.4, 0.5) is 0 Å². The van der Waals surface area contributed by atoms with Crippen molar-refractivity contribution in [1.82, 2.24) is 10.7 Å². The molecule has 1 aromatic carbocycles. The van der Waals surface area contributed by atoms with E-state index in [0.29, 0.717) is 0 Å². The molecule has 16 heavy (non-hydrogen) atoms. The van der Waals surface area contributed by atoms with E-state index in [1.165, 1.54) is 0 Å². The molecule has 1 rings (SSSR count). The molecular formula is C10H12BrN3O2. The first-order chi connectivity index (χ1) is 7.54. The van der Waals surface area contributed by atoms with Crippen molar-refractivity contribution in [3.63, 3.8) is 0 Å². The van der Waals surface area contributed by atoms with Crippen LogP contribution in [0.15, 0.2) is 28.7 Å². The van der Waals surface area contributed by atoms with E-state index < -0.39 is 11.8 Å². The standard InChI is InChI=1S/C10H12BrN3O2/c1-6(13-9(15)10(16)14-12)7-3-2-4-8(11)5-7/h2-6H,12H2,1H3,(H,13,15)(H,14,16). The van der Waals surface area contributed by atoms with Crippen LogP contribution in [0.1, 0.15) is 18.5 Å². The maximum absolute atomic E-state index is 11.2. The van der Waals surface area contributed by atoms with Crippen LogP contribution >= 0.6 is 15.9 Å². The molecule has 0 radical (unpaired) electrons. The summed E-state index contributed by atoms with van der Waals surface area (Å²) in [4.78, 5) is 22.1. The normalized spacial score (nSPS) is 11.7. The third-order valence-electron chi connectivity index (χ3n) is 2.03. The summed E-state index contributed by atoms with van der Waals surface area (Å²) in [6.07, 6.45) is 0. The van der Waals surface area contributed by atoms with Gasteiger partial charge in [0.25, 0.3) is 0 Å². The Morgan fingerprint density at radius 3 is 2.62 bits per heavy atom. The fourth-order valence-electron chi connectivity index (χ4n) is 1.19. The predicted octanol–water partition coefficient (Wildman–Crippen LogP) is 0.616. The average Bonchev–Trinajstić information content (AvgIpc) is 2.27. The number of carbonyl (C=O) groups excluding carboxylic acids is 2. The van der Waals surface area contributed by atoms with Crippen molar-refractivity contribution in [1.29, 1.82) is 0 Å². The van der Waals surface area contributed by atoms with Gasteiger partial charge in [-0.2, -0.15) is 0 Å². The summed E-state index contributed by atoms with van der Waals surface area (Å²) in [6, 6.07) is 7.19. The summed E-state index contributed by atoms with van der Waals surface area (Å²) < 4.78 is 0.911. The first-order valence-electron chi connectivity index (χ1n) is 4.61. The zero-order valence-electron chi connectivity index (χ0n) is 8.66. The Morgan fingerprint density at radius 1 is 1.38 bits per heavy atom. The Morgan fingerprint density at radius 2 is 2.06 bits per heavy atom. The molecule has 0 aromatic heterocycles. The smallest absolute Gasteiger partial charge is 0.323 e. The quantitative estimate of drug-likeness (QED) is 0.322. The summed E-state index contributed by atoms with van der Waals surface area (Å²) in [7, 11) is 0. The Kier molecular flexibility index (Phi) is 4.45. The molecule has 0 heterocycles. The molecular weight excluding hydrogens is 274 g/mol. The van der Waals surface area contributed by atoms with E-state index in [1.807, 2.05) is 24.3 Å². The molecule has 1 atom stereocenters. The number of benzene rings is 1. The van der Waals surface area contributed by atoms with Gasteiger partial charge in [0.05, 0.1) is 6.04 Å². The molecule has 2 amide bonds. The lowest BCUT2D eigenvalue weighted by Crippen LogP contribution is -2.43. The summed E-state index contributed by atoms with van der Waals surface area (Å²) in [6.45, 7) is 1.78. The lowest BCUT2D eigenvalue weighted by molar-refractivity contribution is -0.139.